The zero-order valence-corrected chi connectivity index (χ0v) is 13.5. The Kier molecular flexibility index (Phi) is 5.22. The van der Waals surface area contributed by atoms with E-state index < -0.39 is 11.9 Å². The molecule has 22 heavy (non-hydrogen) atoms. The van der Waals surface area contributed by atoms with E-state index in [4.69, 9.17) is 0 Å². The van der Waals surface area contributed by atoms with Crippen molar-refractivity contribution in [2.24, 2.45) is 23.7 Å². The number of nitrogens with zero attached hydrogens (tertiary/aromatic N) is 1. The summed E-state index contributed by atoms with van der Waals surface area (Å²) in [6.07, 6.45) is 0.708. The molecule has 120 valence electrons. The van der Waals surface area contributed by atoms with Gasteiger partial charge in [0.1, 0.15) is 0 Å². The van der Waals surface area contributed by atoms with Crippen LogP contribution in [-0.4, -0.2) is 35.0 Å². The molecule has 4 nitrogen and oxygen atoms in total. The van der Waals surface area contributed by atoms with E-state index in [0.717, 1.165) is 5.56 Å². The second-order valence-electron chi connectivity index (χ2n) is 6.71. The van der Waals surface area contributed by atoms with E-state index in [0.29, 0.717) is 19.5 Å². The lowest BCUT2D eigenvalue weighted by atomic mass is 9.88. The van der Waals surface area contributed by atoms with E-state index in [-0.39, 0.29) is 23.7 Å². The second kappa shape index (κ2) is 6.95. The van der Waals surface area contributed by atoms with Gasteiger partial charge in [-0.1, -0.05) is 51.1 Å². The Labute approximate surface area is 132 Å². The number of rotatable bonds is 5. The molecular formula is C18H25NO3. The molecule has 0 saturated carbocycles. The van der Waals surface area contributed by atoms with Crippen LogP contribution in [0.1, 0.15) is 26.3 Å². The van der Waals surface area contributed by atoms with E-state index >= 15 is 0 Å². The third-order valence-electron chi connectivity index (χ3n) is 4.66. The van der Waals surface area contributed by atoms with Gasteiger partial charge in [-0.15, -0.1) is 0 Å². The molecule has 1 fully saturated rings. The number of hydrogen-bond acceptors (Lipinski definition) is 2. The van der Waals surface area contributed by atoms with Gasteiger partial charge in [-0.3, -0.25) is 9.59 Å². The van der Waals surface area contributed by atoms with Gasteiger partial charge in [0.25, 0.3) is 0 Å². The average molecular weight is 303 g/mol. The summed E-state index contributed by atoms with van der Waals surface area (Å²) in [5, 5.41) is 9.23. The molecule has 1 aliphatic heterocycles. The number of carbonyl (C=O) groups excluding carboxylic acids is 1. The maximum Gasteiger partial charge on any atom is 0.308 e. The van der Waals surface area contributed by atoms with Crippen LogP contribution < -0.4 is 0 Å². The lowest BCUT2D eigenvalue weighted by Crippen LogP contribution is -2.38. The van der Waals surface area contributed by atoms with Gasteiger partial charge < -0.3 is 10.0 Å². The van der Waals surface area contributed by atoms with Gasteiger partial charge in [0.15, 0.2) is 0 Å². The molecule has 1 aromatic carbocycles. The zero-order valence-electron chi connectivity index (χ0n) is 13.5. The van der Waals surface area contributed by atoms with Crippen LogP contribution >= 0.6 is 0 Å². The quantitative estimate of drug-likeness (QED) is 0.910. The maximum absolute atomic E-state index is 12.8. The second-order valence-corrected chi connectivity index (χ2v) is 6.71. The Bertz CT molecular complexity index is 526. The van der Waals surface area contributed by atoms with Crippen LogP contribution in [0.2, 0.25) is 0 Å². The van der Waals surface area contributed by atoms with Gasteiger partial charge in [-0.25, -0.2) is 0 Å². The number of aliphatic carboxylic acids is 1. The predicted octanol–water partition coefficient (Wildman–Crippen LogP) is 2.68. The molecule has 1 N–H and O–H groups in total. The van der Waals surface area contributed by atoms with Crippen LogP contribution in [0.15, 0.2) is 30.3 Å². The van der Waals surface area contributed by atoms with Crippen LogP contribution in [0.25, 0.3) is 0 Å². The summed E-state index contributed by atoms with van der Waals surface area (Å²) >= 11 is 0. The molecule has 0 aromatic heterocycles. The van der Waals surface area contributed by atoms with Crippen molar-refractivity contribution in [3.63, 3.8) is 0 Å². The number of carboxylic acid groups (broad SMARTS) is 1. The van der Waals surface area contributed by atoms with Gasteiger partial charge in [-0.05, 0) is 23.8 Å². The van der Waals surface area contributed by atoms with Gasteiger partial charge in [0.2, 0.25) is 5.91 Å². The predicted molar refractivity (Wildman–Crippen MR) is 85.3 cm³/mol. The molecule has 0 spiro atoms. The summed E-state index contributed by atoms with van der Waals surface area (Å²) in [6.45, 7) is 6.91. The summed E-state index contributed by atoms with van der Waals surface area (Å²) in [5.41, 5.74) is 1.15. The fourth-order valence-corrected chi connectivity index (χ4v) is 3.18. The number of amides is 1. The monoisotopic (exact) mass is 303 g/mol. The fourth-order valence-electron chi connectivity index (χ4n) is 3.18. The van der Waals surface area contributed by atoms with Gasteiger partial charge in [0, 0.05) is 19.0 Å². The third-order valence-corrected chi connectivity index (χ3v) is 4.66. The molecule has 1 heterocycles. The Morgan fingerprint density at radius 3 is 2.36 bits per heavy atom. The molecule has 0 bridgehead atoms. The smallest absolute Gasteiger partial charge is 0.308 e. The van der Waals surface area contributed by atoms with Crippen molar-refractivity contribution >= 4 is 11.9 Å². The minimum atomic E-state index is -0.799. The number of hydrogen-bond donors (Lipinski definition) is 1. The molecule has 1 saturated heterocycles. The van der Waals surface area contributed by atoms with Crippen LogP contribution in [0.5, 0.6) is 0 Å². The standard InChI is InChI=1S/C18H25NO3/c1-12(2)15(9-14-7-5-4-6-8-14)17(20)19-10-13(3)16(11-19)18(21)22/h4-8,12-13,15-16H,9-11H2,1-3H3,(H,21,22)/t13-,15?,16-/m1/s1. The molecular weight excluding hydrogens is 278 g/mol. The highest BCUT2D eigenvalue weighted by atomic mass is 16.4. The molecule has 2 rings (SSSR count). The van der Waals surface area contributed by atoms with E-state index in [2.05, 4.69) is 13.8 Å². The molecule has 4 heteroatoms. The minimum absolute atomic E-state index is 0.0194. The highest BCUT2D eigenvalue weighted by Crippen LogP contribution is 2.27. The maximum atomic E-state index is 12.8. The third kappa shape index (κ3) is 3.67. The fraction of sp³-hybridized carbons (Fsp3) is 0.556. The van der Waals surface area contributed by atoms with Crippen LogP contribution in [0, 0.1) is 23.7 Å². The van der Waals surface area contributed by atoms with Crippen molar-refractivity contribution in [2.75, 3.05) is 13.1 Å². The van der Waals surface area contributed by atoms with Crippen LogP contribution in [-0.2, 0) is 16.0 Å². The lowest BCUT2D eigenvalue weighted by molar-refractivity contribution is -0.142. The lowest BCUT2D eigenvalue weighted by Gasteiger charge is -2.26. The Morgan fingerprint density at radius 1 is 1.23 bits per heavy atom. The summed E-state index contributed by atoms with van der Waals surface area (Å²) in [7, 11) is 0. The first kappa shape index (κ1) is 16.5. The molecule has 3 atom stereocenters. The summed E-state index contributed by atoms with van der Waals surface area (Å²) < 4.78 is 0. The Balaban J connectivity index is 2.09. The van der Waals surface area contributed by atoms with Crippen LogP contribution in [0.4, 0.5) is 0 Å². The highest BCUT2D eigenvalue weighted by molar-refractivity contribution is 5.81. The number of carboxylic acids is 1. The van der Waals surface area contributed by atoms with E-state index in [1.807, 2.05) is 37.3 Å². The average Bonchev–Trinajstić information content (AvgIpc) is 2.87. The number of benzene rings is 1. The Morgan fingerprint density at radius 2 is 1.86 bits per heavy atom. The number of carbonyl (C=O) groups is 2. The van der Waals surface area contributed by atoms with Gasteiger partial charge in [0.05, 0.1) is 5.92 Å². The van der Waals surface area contributed by atoms with Crippen molar-refractivity contribution in [3.05, 3.63) is 35.9 Å². The first-order valence-corrected chi connectivity index (χ1v) is 7.95. The van der Waals surface area contributed by atoms with Crippen molar-refractivity contribution in [1.82, 2.24) is 4.90 Å². The molecule has 1 aromatic rings. The first-order valence-electron chi connectivity index (χ1n) is 7.95. The topological polar surface area (TPSA) is 57.6 Å². The molecule has 1 aliphatic rings. The Hall–Kier alpha value is -1.84. The van der Waals surface area contributed by atoms with E-state index in [1.54, 1.807) is 4.90 Å². The number of likely N-dealkylation sites (tertiary alicyclic amines) is 1. The van der Waals surface area contributed by atoms with Crippen LogP contribution in [0.3, 0.4) is 0 Å². The molecule has 0 aliphatic carbocycles. The summed E-state index contributed by atoms with van der Waals surface area (Å²) in [6, 6.07) is 10.0. The van der Waals surface area contributed by atoms with E-state index in [1.165, 1.54) is 0 Å². The highest BCUT2D eigenvalue weighted by Gasteiger charge is 2.39. The minimum Gasteiger partial charge on any atom is -0.481 e. The van der Waals surface area contributed by atoms with Gasteiger partial charge >= 0.3 is 5.97 Å². The van der Waals surface area contributed by atoms with E-state index in [9.17, 15) is 14.7 Å². The summed E-state index contributed by atoms with van der Waals surface area (Å²) in [4.78, 5) is 25.8. The first-order chi connectivity index (χ1) is 10.4. The normalized spacial score (nSPS) is 22.8. The van der Waals surface area contributed by atoms with Crippen molar-refractivity contribution < 1.29 is 14.7 Å². The molecule has 1 unspecified atom stereocenters. The zero-order chi connectivity index (χ0) is 16.3. The largest absolute Gasteiger partial charge is 0.481 e. The SMILES string of the molecule is CC(C)C(Cc1ccccc1)C(=O)N1C[C@@H](C)[C@H](C(=O)O)C1. The van der Waals surface area contributed by atoms with Crippen molar-refractivity contribution in [1.29, 1.82) is 0 Å². The van der Waals surface area contributed by atoms with Crippen molar-refractivity contribution in [3.8, 4) is 0 Å². The van der Waals surface area contributed by atoms with Gasteiger partial charge in [-0.2, -0.15) is 0 Å². The van der Waals surface area contributed by atoms with Crippen molar-refractivity contribution in [2.45, 2.75) is 27.2 Å². The molecule has 1 amide bonds. The molecule has 0 radical (unpaired) electrons. The summed E-state index contributed by atoms with van der Waals surface area (Å²) in [5.74, 6) is -0.991.